The maximum Gasteiger partial charge on any atom is 0.194 e. The van der Waals surface area contributed by atoms with Gasteiger partial charge in [-0.15, -0.1) is 24.0 Å². The third-order valence-corrected chi connectivity index (χ3v) is 4.98. The summed E-state index contributed by atoms with van der Waals surface area (Å²) in [5.74, 6) is 1.61. The summed E-state index contributed by atoms with van der Waals surface area (Å²) in [4.78, 5) is 7.12. The van der Waals surface area contributed by atoms with Crippen LogP contribution in [0.25, 0.3) is 0 Å². The number of aliphatic hydroxyl groups excluding tert-OH is 1. The van der Waals surface area contributed by atoms with Crippen molar-refractivity contribution in [3.05, 3.63) is 35.6 Å². The Labute approximate surface area is 192 Å². The zero-order valence-corrected chi connectivity index (χ0v) is 20.4. The fraction of sp³-hybridized carbons (Fsp3) is 0.682. The third-order valence-electron chi connectivity index (χ3n) is 4.98. The minimum Gasteiger partial charge on any atom is -0.396 e. The molecular weight excluding hydrogens is 484 g/mol. The van der Waals surface area contributed by atoms with Crippen molar-refractivity contribution in [3.8, 4) is 0 Å². The Bertz CT molecular complexity index is 613. The first-order chi connectivity index (χ1) is 13.4. The molecule has 0 saturated carbocycles. The summed E-state index contributed by atoms with van der Waals surface area (Å²) in [5.41, 5.74) is 0.978. The molecule has 1 aromatic carbocycles. The smallest absolute Gasteiger partial charge is 0.194 e. The van der Waals surface area contributed by atoms with E-state index in [4.69, 9.17) is 9.73 Å². The molecule has 3 atom stereocenters. The third kappa shape index (κ3) is 8.76. The molecule has 166 valence electrons. The van der Waals surface area contributed by atoms with Crippen molar-refractivity contribution in [2.24, 2.45) is 16.8 Å². The summed E-state index contributed by atoms with van der Waals surface area (Å²) < 4.78 is 19.4. The first kappa shape index (κ1) is 26.1. The molecular formula is C22H37FIN3O2. The van der Waals surface area contributed by atoms with Crippen molar-refractivity contribution < 1.29 is 14.2 Å². The number of nitrogens with zero attached hydrogens (tertiary/aromatic N) is 2. The molecule has 1 aliphatic rings. The zero-order valence-electron chi connectivity index (χ0n) is 18.1. The largest absolute Gasteiger partial charge is 0.396 e. The van der Waals surface area contributed by atoms with Crippen molar-refractivity contribution >= 4 is 29.9 Å². The van der Waals surface area contributed by atoms with E-state index >= 15 is 0 Å². The van der Waals surface area contributed by atoms with Crippen LogP contribution in [0.5, 0.6) is 0 Å². The number of guanidine groups is 1. The Hall–Kier alpha value is -0.930. The van der Waals surface area contributed by atoms with Crippen LogP contribution < -0.4 is 5.32 Å². The summed E-state index contributed by atoms with van der Waals surface area (Å²) >= 11 is 0. The summed E-state index contributed by atoms with van der Waals surface area (Å²) in [5, 5.41) is 12.8. The van der Waals surface area contributed by atoms with Crippen LogP contribution >= 0.6 is 24.0 Å². The number of hydrogen-bond donors (Lipinski definition) is 2. The van der Waals surface area contributed by atoms with E-state index in [1.54, 1.807) is 12.1 Å². The molecule has 0 aromatic heterocycles. The van der Waals surface area contributed by atoms with Crippen molar-refractivity contribution in [1.82, 2.24) is 10.2 Å². The molecule has 0 bridgehead atoms. The minimum absolute atomic E-state index is 0. The Morgan fingerprint density at radius 2 is 2.00 bits per heavy atom. The molecule has 1 heterocycles. The van der Waals surface area contributed by atoms with Crippen molar-refractivity contribution in [2.45, 2.75) is 52.7 Å². The molecule has 1 aromatic rings. The Morgan fingerprint density at radius 3 is 2.59 bits per heavy atom. The second-order valence-corrected chi connectivity index (χ2v) is 8.09. The Kier molecular flexibility index (Phi) is 12.1. The standard InChI is InChI=1S/C22H36FN3O2.HI/c1-5-24-22(25-13-18(10-11-27)12-16(2)3)26-14-17(4)28-21(15-26)19-6-8-20(23)9-7-19;/h6-9,16-18,21,27H,5,10-15H2,1-4H3,(H,24,25);1H. The maximum atomic E-state index is 13.3. The highest BCUT2D eigenvalue weighted by molar-refractivity contribution is 14.0. The van der Waals surface area contributed by atoms with Crippen LogP contribution in [0.1, 0.15) is 52.2 Å². The monoisotopic (exact) mass is 521 g/mol. The van der Waals surface area contributed by atoms with Gasteiger partial charge < -0.3 is 20.1 Å². The average Bonchev–Trinajstić information content (AvgIpc) is 2.64. The maximum absolute atomic E-state index is 13.3. The number of hydrogen-bond acceptors (Lipinski definition) is 3. The average molecular weight is 521 g/mol. The molecule has 2 N–H and O–H groups in total. The van der Waals surface area contributed by atoms with Gasteiger partial charge in [-0.05, 0) is 56.2 Å². The van der Waals surface area contributed by atoms with Gasteiger partial charge in [-0.1, -0.05) is 26.0 Å². The number of morpholine rings is 1. The van der Waals surface area contributed by atoms with Gasteiger partial charge in [0.05, 0.1) is 12.6 Å². The summed E-state index contributed by atoms with van der Waals surface area (Å²) in [7, 11) is 0. The highest BCUT2D eigenvalue weighted by atomic mass is 127. The lowest BCUT2D eigenvalue weighted by Crippen LogP contribution is -2.50. The second-order valence-electron chi connectivity index (χ2n) is 8.09. The highest BCUT2D eigenvalue weighted by Gasteiger charge is 2.28. The van der Waals surface area contributed by atoms with Crippen LogP contribution in [0, 0.1) is 17.7 Å². The van der Waals surface area contributed by atoms with Gasteiger partial charge in [0.25, 0.3) is 0 Å². The predicted octanol–water partition coefficient (Wildman–Crippen LogP) is 4.22. The van der Waals surface area contributed by atoms with Gasteiger partial charge in [0.1, 0.15) is 11.9 Å². The van der Waals surface area contributed by atoms with Gasteiger partial charge in [-0.3, -0.25) is 4.99 Å². The van der Waals surface area contributed by atoms with Gasteiger partial charge in [0.15, 0.2) is 5.96 Å². The SMILES string of the molecule is CCNC(=NCC(CCO)CC(C)C)N1CC(C)OC(c2ccc(F)cc2)C1.I. The number of rotatable bonds is 8. The molecule has 5 nitrogen and oxygen atoms in total. The van der Waals surface area contributed by atoms with E-state index in [9.17, 15) is 9.50 Å². The topological polar surface area (TPSA) is 57.1 Å². The van der Waals surface area contributed by atoms with Gasteiger partial charge >= 0.3 is 0 Å². The Balaban J connectivity index is 0.00000420. The molecule has 1 fully saturated rings. The number of aliphatic hydroxyl groups is 1. The molecule has 7 heteroatoms. The van der Waals surface area contributed by atoms with Gasteiger partial charge in [0, 0.05) is 26.2 Å². The summed E-state index contributed by atoms with van der Waals surface area (Å²) in [6, 6.07) is 6.54. The lowest BCUT2D eigenvalue weighted by Gasteiger charge is -2.39. The molecule has 29 heavy (non-hydrogen) atoms. The molecule has 0 aliphatic carbocycles. The first-order valence-corrected chi connectivity index (χ1v) is 10.5. The first-order valence-electron chi connectivity index (χ1n) is 10.5. The van der Waals surface area contributed by atoms with Crippen LogP contribution in [0.2, 0.25) is 0 Å². The van der Waals surface area contributed by atoms with E-state index in [-0.39, 0.29) is 48.6 Å². The molecule has 3 unspecified atom stereocenters. The minimum atomic E-state index is -0.237. The fourth-order valence-electron chi connectivity index (χ4n) is 3.76. The number of benzene rings is 1. The highest BCUT2D eigenvalue weighted by Crippen LogP contribution is 2.25. The fourth-order valence-corrected chi connectivity index (χ4v) is 3.76. The van der Waals surface area contributed by atoms with Crippen LogP contribution in [-0.4, -0.2) is 54.9 Å². The molecule has 1 aliphatic heterocycles. The van der Waals surface area contributed by atoms with Crippen LogP contribution in [0.3, 0.4) is 0 Å². The van der Waals surface area contributed by atoms with Crippen LogP contribution in [-0.2, 0) is 4.74 Å². The van der Waals surface area contributed by atoms with E-state index in [0.29, 0.717) is 24.9 Å². The van der Waals surface area contributed by atoms with E-state index in [0.717, 1.165) is 37.5 Å². The Morgan fingerprint density at radius 1 is 1.31 bits per heavy atom. The van der Waals surface area contributed by atoms with Crippen molar-refractivity contribution in [1.29, 1.82) is 0 Å². The van der Waals surface area contributed by atoms with E-state index in [1.807, 2.05) is 0 Å². The summed E-state index contributed by atoms with van der Waals surface area (Å²) in [6.45, 7) is 11.7. The molecule has 0 radical (unpaired) electrons. The molecule has 0 spiro atoms. The van der Waals surface area contributed by atoms with Gasteiger partial charge in [-0.2, -0.15) is 0 Å². The number of nitrogens with one attached hydrogen (secondary N) is 1. The van der Waals surface area contributed by atoms with Crippen LogP contribution in [0.15, 0.2) is 29.3 Å². The predicted molar refractivity (Wildman–Crippen MR) is 127 cm³/mol. The lowest BCUT2D eigenvalue weighted by atomic mass is 9.94. The van der Waals surface area contributed by atoms with Gasteiger partial charge in [-0.25, -0.2) is 4.39 Å². The van der Waals surface area contributed by atoms with Crippen LogP contribution in [0.4, 0.5) is 4.39 Å². The van der Waals surface area contributed by atoms with E-state index in [1.165, 1.54) is 12.1 Å². The number of ether oxygens (including phenoxy) is 1. The normalized spacial score (nSPS) is 21.1. The second kappa shape index (κ2) is 13.4. The molecule has 0 amide bonds. The molecule has 1 saturated heterocycles. The van der Waals surface area contributed by atoms with E-state index in [2.05, 4.69) is 37.9 Å². The zero-order chi connectivity index (χ0) is 20.5. The van der Waals surface area contributed by atoms with Crippen molar-refractivity contribution in [2.75, 3.05) is 32.8 Å². The van der Waals surface area contributed by atoms with Crippen molar-refractivity contribution in [3.63, 3.8) is 0 Å². The number of aliphatic imine (C=N–C) groups is 1. The lowest BCUT2D eigenvalue weighted by molar-refractivity contribution is -0.0605. The summed E-state index contributed by atoms with van der Waals surface area (Å²) in [6.07, 6.45) is 1.77. The van der Waals surface area contributed by atoms with Gasteiger partial charge in [0.2, 0.25) is 0 Å². The quantitative estimate of drug-likeness (QED) is 0.306. The molecule has 2 rings (SSSR count). The van der Waals surface area contributed by atoms with E-state index < -0.39 is 0 Å². The number of halogens is 2.